The molecule has 3 aromatic rings. The number of H-pyrrole nitrogens is 2. The first-order valence-corrected chi connectivity index (χ1v) is 9.02. The van der Waals surface area contributed by atoms with Crippen LogP contribution in [0.1, 0.15) is 27.4 Å². The summed E-state index contributed by atoms with van der Waals surface area (Å²) in [5, 5.41) is 26.4. The van der Waals surface area contributed by atoms with Gasteiger partial charge in [-0.05, 0) is 13.0 Å². The Morgan fingerprint density at radius 3 is 2.53 bits per heavy atom. The molecule has 0 saturated carbocycles. The van der Waals surface area contributed by atoms with Crippen LogP contribution in [0.25, 0.3) is 10.9 Å². The van der Waals surface area contributed by atoms with Gasteiger partial charge in [-0.1, -0.05) is 12.1 Å². The first kappa shape index (κ1) is 20.6. The quantitative estimate of drug-likeness (QED) is 0.409. The summed E-state index contributed by atoms with van der Waals surface area (Å²) in [6.45, 7) is 3.09. The number of phenolic OH excluding ortho intramolecular Hbond substituents is 1. The van der Waals surface area contributed by atoms with E-state index < -0.39 is 11.9 Å². The van der Waals surface area contributed by atoms with Crippen molar-refractivity contribution in [3.63, 3.8) is 0 Å². The van der Waals surface area contributed by atoms with E-state index >= 15 is 0 Å². The van der Waals surface area contributed by atoms with Gasteiger partial charge in [-0.3, -0.25) is 4.79 Å². The molecule has 2 aromatic heterocycles. The van der Waals surface area contributed by atoms with Crippen molar-refractivity contribution in [2.24, 2.45) is 0 Å². The van der Waals surface area contributed by atoms with Crippen LogP contribution in [-0.4, -0.2) is 59.6 Å². The minimum Gasteiger partial charge on any atom is -0.506 e. The zero-order valence-electron chi connectivity index (χ0n) is 16.0. The highest BCUT2D eigenvalue weighted by Gasteiger charge is 2.29. The maximum atomic E-state index is 12.8. The number of hydrogen-bond donors (Lipinski definition) is 5. The molecule has 10 heteroatoms. The second kappa shape index (κ2) is 8.52. The van der Waals surface area contributed by atoms with Gasteiger partial charge in [0.05, 0.1) is 29.6 Å². The molecular weight excluding hydrogens is 392 g/mol. The van der Waals surface area contributed by atoms with Gasteiger partial charge in [0.1, 0.15) is 5.75 Å². The predicted molar refractivity (Wildman–Crippen MR) is 106 cm³/mol. The number of aryl methyl sites for hydroxylation is 1. The summed E-state index contributed by atoms with van der Waals surface area (Å²) in [6, 6.07) is 5.25. The van der Waals surface area contributed by atoms with Crippen LogP contribution in [0.5, 0.6) is 5.75 Å². The monoisotopic (exact) mass is 412 g/mol. The molecule has 0 spiro atoms. The number of phenols is 1. The predicted octanol–water partition coefficient (Wildman–Crippen LogP) is 1.82. The number of carbonyl (C=O) groups excluding carboxylic acids is 1. The Hall–Kier alpha value is -4.08. The number of imidazole rings is 1. The van der Waals surface area contributed by atoms with Crippen molar-refractivity contribution in [2.45, 2.75) is 19.9 Å². The highest BCUT2D eigenvalue weighted by atomic mass is 16.4. The number of para-hydroxylation sites is 1. The van der Waals surface area contributed by atoms with Crippen LogP contribution in [0.15, 0.2) is 36.7 Å². The van der Waals surface area contributed by atoms with E-state index in [9.17, 15) is 19.5 Å². The van der Waals surface area contributed by atoms with Crippen molar-refractivity contribution in [3.05, 3.63) is 59.3 Å². The topological polar surface area (TPSA) is 160 Å². The van der Waals surface area contributed by atoms with E-state index in [0.29, 0.717) is 36.3 Å². The lowest BCUT2D eigenvalue weighted by molar-refractivity contribution is -0.134. The van der Waals surface area contributed by atoms with Gasteiger partial charge in [0.25, 0.3) is 5.91 Å². The van der Waals surface area contributed by atoms with Crippen LogP contribution in [-0.2, 0) is 22.6 Å². The van der Waals surface area contributed by atoms with Gasteiger partial charge in [-0.2, -0.15) is 0 Å². The van der Waals surface area contributed by atoms with Crippen molar-refractivity contribution in [3.8, 4) is 5.75 Å². The lowest BCUT2D eigenvalue weighted by atomic mass is 10.0. The summed E-state index contributed by atoms with van der Waals surface area (Å²) in [7, 11) is 0. The minimum atomic E-state index is -1.26. The first-order valence-electron chi connectivity index (χ1n) is 9.02. The average molecular weight is 412 g/mol. The standard InChI is InChI=1S/C16H16N4O2.C4H4O4/c1-9-12(18-8-17-9)7-20-6-5-11-14(16(20)22)10-3-2-4-13(21)15(10)19-11;5-3(6)1-2-4(7)8/h2-4,8,19,21H,5-7H2,1H3,(H,17,18);1-2H,(H,5,6)(H,7,8)/b;2-1-. The van der Waals surface area contributed by atoms with Crippen molar-refractivity contribution in [2.75, 3.05) is 6.54 Å². The van der Waals surface area contributed by atoms with Gasteiger partial charge in [0.15, 0.2) is 0 Å². The van der Waals surface area contributed by atoms with Crippen LogP contribution < -0.4 is 0 Å². The zero-order chi connectivity index (χ0) is 21.8. The van der Waals surface area contributed by atoms with Crippen molar-refractivity contribution < 1.29 is 29.7 Å². The Kier molecular flexibility index (Phi) is 5.86. The molecule has 0 aliphatic carbocycles. The number of rotatable bonds is 4. The van der Waals surface area contributed by atoms with E-state index in [2.05, 4.69) is 15.0 Å². The van der Waals surface area contributed by atoms with Crippen LogP contribution in [0.2, 0.25) is 0 Å². The smallest absolute Gasteiger partial charge is 0.328 e. The third-order valence-electron chi connectivity index (χ3n) is 4.67. The molecule has 0 bridgehead atoms. The molecule has 1 aliphatic rings. The van der Waals surface area contributed by atoms with Crippen molar-refractivity contribution in [1.82, 2.24) is 19.9 Å². The zero-order valence-corrected chi connectivity index (χ0v) is 16.0. The number of benzene rings is 1. The molecule has 156 valence electrons. The Labute approximate surface area is 170 Å². The number of carbonyl (C=O) groups is 3. The second-order valence-electron chi connectivity index (χ2n) is 6.64. The summed E-state index contributed by atoms with van der Waals surface area (Å²) in [6.07, 6.45) is 3.51. The molecule has 30 heavy (non-hydrogen) atoms. The van der Waals surface area contributed by atoms with Crippen molar-refractivity contribution in [1.29, 1.82) is 0 Å². The first-order chi connectivity index (χ1) is 14.3. The van der Waals surface area contributed by atoms with Gasteiger partial charge in [0, 0.05) is 41.9 Å². The third kappa shape index (κ3) is 4.32. The van der Waals surface area contributed by atoms with Crippen LogP contribution in [0.3, 0.4) is 0 Å². The molecule has 4 rings (SSSR count). The third-order valence-corrected chi connectivity index (χ3v) is 4.67. The normalized spacial score (nSPS) is 13.2. The lowest BCUT2D eigenvalue weighted by Gasteiger charge is -2.26. The summed E-state index contributed by atoms with van der Waals surface area (Å²) >= 11 is 0. The largest absolute Gasteiger partial charge is 0.506 e. The number of aliphatic carboxylic acids is 2. The van der Waals surface area contributed by atoms with Crippen LogP contribution >= 0.6 is 0 Å². The summed E-state index contributed by atoms with van der Waals surface area (Å²) in [5.74, 6) is -2.35. The molecule has 1 amide bonds. The molecule has 3 heterocycles. The molecule has 1 aromatic carbocycles. The van der Waals surface area contributed by atoms with E-state index in [4.69, 9.17) is 10.2 Å². The van der Waals surface area contributed by atoms with E-state index in [0.717, 1.165) is 28.9 Å². The van der Waals surface area contributed by atoms with Gasteiger partial charge < -0.3 is 30.2 Å². The van der Waals surface area contributed by atoms with Crippen molar-refractivity contribution >= 4 is 28.7 Å². The SMILES string of the molecule is Cc1[nH]cnc1CN1CCc2[nH]c3c(O)cccc3c2C1=O.O=C(O)/C=C\C(=O)O. The maximum absolute atomic E-state index is 12.8. The fraction of sp³-hybridized carbons (Fsp3) is 0.200. The number of aromatic hydroxyl groups is 1. The van der Waals surface area contributed by atoms with Gasteiger partial charge in [0.2, 0.25) is 0 Å². The van der Waals surface area contributed by atoms with Crippen LogP contribution in [0.4, 0.5) is 0 Å². The molecule has 0 radical (unpaired) electrons. The molecular formula is C20H20N4O6. The Morgan fingerprint density at radius 2 is 1.93 bits per heavy atom. The number of aromatic amines is 2. The number of fused-ring (bicyclic) bond motifs is 3. The summed E-state index contributed by atoms with van der Waals surface area (Å²) < 4.78 is 0. The number of nitrogens with zero attached hydrogens (tertiary/aromatic N) is 2. The number of hydrogen-bond acceptors (Lipinski definition) is 5. The average Bonchev–Trinajstić information content (AvgIpc) is 3.27. The number of carboxylic acids is 2. The highest BCUT2D eigenvalue weighted by Crippen LogP contribution is 2.32. The molecule has 1 aliphatic heterocycles. The van der Waals surface area contributed by atoms with E-state index in [-0.39, 0.29) is 11.7 Å². The fourth-order valence-electron chi connectivity index (χ4n) is 3.21. The minimum absolute atomic E-state index is 0.0134. The summed E-state index contributed by atoms with van der Waals surface area (Å²) in [4.78, 5) is 44.2. The number of aromatic nitrogens is 3. The molecule has 5 N–H and O–H groups in total. The molecule has 0 fully saturated rings. The Balaban J connectivity index is 0.000000275. The maximum Gasteiger partial charge on any atom is 0.328 e. The van der Waals surface area contributed by atoms with Gasteiger partial charge >= 0.3 is 11.9 Å². The molecule has 0 saturated heterocycles. The molecule has 10 nitrogen and oxygen atoms in total. The Morgan fingerprint density at radius 1 is 1.23 bits per heavy atom. The molecule has 0 atom stereocenters. The van der Waals surface area contributed by atoms with Crippen LogP contribution in [0, 0.1) is 6.92 Å². The van der Waals surface area contributed by atoms with E-state index in [1.165, 1.54) is 0 Å². The second-order valence-corrected chi connectivity index (χ2v) is 6.64. The summed E-state index contributed by atoms with van der Waals surface area (Å²) in [5.41, 5.74) is 4.08. The number of nitrogens with one attached hydrogen (secondary N) is 2. The number of carboxylic acid groups (broad SMARTS) is 2. The van der Waals surface area contributed by atoms with E-state index in [1.807, 2.05) is 17.9 Å². The lowest BCUT2D eigenvalue weighted by Crippen LogP contribution is -2.37. The fourth-order valence-corrected chi connectivity index (χ4v) is 3.21. The van der Waals surface area contributed by atoms with Gasteiger partial charge in [-0.25, -0.2) is 14.6 Å². The number of amides is 1. The Bertz CT molecular complexity index is 1130. The highest BCUT2D eigenvalue weighted by molar-refractivity contribution is 6.10. The van der Waals surface area contributed by atoms with Gasteiger partial charge in [-0.15, -0.1) is 0 Å². The molecule has 0 unspecified atom stereocenters. The van der Waals surface area contributed by atoms with E-state index in [1.54, 1.807) is 18.5 Å².